The van der Waals surface area contributed by atoms with Gasteiger partial charge in [0.1, 0.15) is 23.2 Å². The standard InChI is InChI=1S/C21H12F5N3O2.C9H17N/c22-12-4-11(5-13(23)6-12)16-2-1-10(9-27-16)3-19-28-17-8-18(30)15(21(24,25)26)7-14(17)20(31)29-19;1-2-10-8-4-3-5-9(10)6-7-9/h1-2,4-9,30H,3H2,(H,28,29,31);2-8H2,1H3. The van der Waals surface area contributed by atoms with E-state index in [1.165, 1.54) is 57.5 Å². The van der Waals surface area contributed by atoms with Gasteiger partial charge in [-0.05, 0) is 68.6 Å². The van der Waals surface area contributed by atoms with E-state index in [0.29, 0.717) is 17.3 Å². The fraction of sp³-hybridized carbons (Fsp3) is 0.367. The van der Waals surface area contributed by atoms with Crippen LogP contribution < -0.4 is 5.56 Å². The maximum atomic E-state index is 13.4. The van der Waals surface area contributed by atoms with Gasteiger partial charge in [0.25, 0.3) is 5.56 Å². The number of phenolic OH excluding ortho intramolecular Hbond substituents is 1. The molecular formula is C30H29F5N4O2. The molecule has 1 saturated carbocycles. The predicted octanol–water partition coefficient (Wildman–Crippen LogP) is 6.60. The van der Waals surface area contributed by atoms with Gasteiger partial charge in [0.2, 0.25) is 0 Å². The molecule has 2 aliphatic rings. The third-order valence-electron chi connectivity index (χ3n) is 7.73. The number of fused-ring (bicyclic) bond motifs is 1. The van der Waals surface area contributed by atoms with Crippen LogP contribution in [0.2, 0.25) is 0 Å². The maximum absolute atomic E-state index is 13.4. The number of hydrogen-bond acceptors (Lipinski definition) is 5. The topological polar surface area (TPSA) is 82.1 Å². The lowest BCUT2D eigenvalue weighted by Crippen LogP contribution is -2.41. The lowest BCUT2D eigenvalue weighted by Gasteiger charge is -2.35. The van der Waals surface area contributed by atoms with Crippen molar-refractivity contribution in [3.8, 4) is 17.0 Å². The molecular weight excluding hydrogens is 543 g/mol. The van der Waals surface area contributed by atoms with E-state index in [-0.39, 0.29) is 28.7 Å². The number of benzene rings is 2. The molecule has 0 atom stereocenters. The first kappa shape index (κ1) is 28.7. The van der Waals surface area contributed by atoms with Gasteiger partial charge in [-0.25, -0.2) is 13.8 Å². The largest absolute Gasteiger partial charge is 0.507 e. The van der Waals surface area contributed by atoms with E-state index in [9.17, 15) is 31.9 Å². The maximum Gasteiger partial charge on any atom is 0.419 e. The Bertz CT molecular complexity index is 1590. The lowest BCUT2D eigenvalue weighted by molar-refractivity contribution is -0.138. The third-order valence-corrected chi connectivity index (χ3v) is 7.73. The summed E-state index contributed by atoms with van der Waals surface area (Å²) in [5.74, 6) is -2.37. The third kappa shape index (κ3) is 6.40. The Balaban J connectivity index is 0.000000282. The quantitative estimate of drug-likeness (QED) is 0.269. The highest BCUT2D eigenvalue weighted by molar-refractivity contribution is 5.80. The molecule has 0 bridgehead atoms. The summed E-state index contributed by atoms with van der Waals surface area (Å²) >= 11 is 0. The summed E-state index contributed by atoms with van der Waals surface area (Å²) in [6, 6.07) is 7.49. The minimum absolute atomic E-state index is 0.0811. The van der Waals surface area contributed by atoms with E-state index in [1.807, 2.05) is 0 Å². The Morgan fingerprint density at radius 3 is 2.34 bits per heavy atom. The Labute approximate surface area is 232 Å². The SMILES string of the molecule is CCN1CCCCC12CC2.O=c1[nH]c(Cc2ccc(-c3cc(F)cc(F)c3)nc2)nc2cc(O)c(C(F)(F)F)cc12. The number of likely N-dealkylation sites (tertiary alicyclic amines) is 1. The zero-order chi connectivity index (χ0) is 29.4. The molecule has 2 aromatic carbocycles. The highest BCUT2D eigenvalue weighted by Crippen LogP contribution is 2.47. The van der Waals surface area contributed by atoms with Crippen molar-refractivity contribution in [2.24, 2.45) is 0 Å². The number of aromatic hydroxyl groups is 1. The van der Waals surface area contributed by atoms with Crippen LogP contribution in [0.3, 0.4) is 0 Å². The molecule has 216 valence electrons. The molecule has 4 aromatic rings. The Hall–Kier alpha value is -3.86. The number of rotatable bonds is 4. The van der Waals surface area contributed by atoms with Gasteiger partial charge in [-0.2, -0.15) is 13.2 Å². The van der Waals surface area contributed by atoms with Crippen LogP contribution in [0.25, 0.3) is 22.2 Å². The average molecular weight is 573 g/mol. The van der Waals surface area contributed by atoms with Crippen molar-refractivity contribution in [3.05, 3.63) is 87.6 Å². The molecule has 1 aliphatic heterocycles. The zero-order valence-electron chi connectivity index (χ0n) is 22.4. The summed E-state index contributed by atoms with van der Waals surface area (Å²) in [5.41, 5.74) is -0.321. The van der Waals surface area contributed by atoms with Crippen LogP contribution in [0, 0.1) is 11.6 Å². The predicted molar refractivity (Wildman–Crippen MR) is 144 cm³/mol. The number of nitrogens with one attached hydrogen (secondary N) is 1. The smallest absolute Gasteiger partial charge is 0.419 e. The molecule has 11 heteroatoms. The number of alkyl halides is 3. The summed E-state index contributed by atoms with van der Waals surface area (Å²) in [6.45, 7) is 4.95. The highest BCUT2D eigenvalue weighted by atomic mass is 19.4. The fourth-order valence-corrected chi connectivity index (χ4v) is 5.49. The van der Waals surface area contributed by atoms with Gasteiger partial charge in [-0.15, -0.1) is 0 Å². The Morgan fingerprint density at radius 1 is 1.02 bits per heavy atom. The van der Waals surface area contributed by atoms with E-state index in [0.717, 1.165) is 29.8 Å². The van der Waals surface area contributed by atoms with Gasteiger partial charge in [0.15, 0.2) is 0 Å². The van der Waals surface area contributed by atoms with E-state index >= 15 is 0 Å². The minimum atomic E-state index is -4.82. The molecule has 2 fully saturated rings. The number of pyridine rings is 1. The number of phenols is 1. The van der Waals surface area contributed by atoms with Crippen LogP contribution in [-0.4, -0.2) is 43.6 Å². The highest BCUT2D eigenvalue weighted by Gasteiger charge is 2.47. The summed E-state index contributed by atoms with van der Waals surface area (Å²) in [5, 5.41) is 9.35. The number of halogens is 5. The first-order chi connectivity index (χ1) is 19.5. The van der Waals surface area contributed by atoms with Gasteiger partial charge in [-0.1, -0.05) is 19.4 Å². The summed E-state index contributed by atoms with van der Waals surface area (Å²) in [6.07, 6.45) is 4.07. The normalized spacial score (nSPS) is 16.4. The molecule has 1 spiro atoms. The van der Waals surface area contributed by atoms with Crippen LogP contribution in [0.15, 0.2) is 53.5 Å². The van der Waals surface area contributed by atoms with Crippen molar-refractivity contribution >= 4 is 10.9 Å². The number of aromatic nitrogens is 3. The Kier molecular flexibility index (Phi) is 7.83. The fourth-order valence-electron chi connectivity index (χ4n) is 5.49. The summed E-state index contributed by atoms with van der Waals surface area (Å²) in [7, 11) is 0. The van der Waals surface area contributed by atoms with Crippen LogP contribution in [0.5, 0.6) is 5.75 Å². The van der Waals surface area contributed by atoms with Crippen LogP contribution >= 0.6 is 0 Å². The van der Waals surface area contributed by atoms with Gasteiger partial charge in [-0.3, -0.25) is 14.7 Å². The molecule has 1 saturated heterocycles. The molecule has 6 nitrogen and oxygen atoms in total. The second-order valence-corrected chi connectivity index (χ2v) is 10.5. The molecule has 2 aromatic heterocycles. The second-order valence-electron chi connectivity index (χ2n) is 10.5. The molecule has 6 rings (SSSR count). The molecule has 0 radical (unpaired) electrons. The zero-order valence-corrected chi connectivity index (χ0v) is 22.4. The number of H-pyrrole nitrogens is 1. The first-order valence-electron chi connectivity index (χ1n) is 13.5. The molecule has 41 heavy (non-hydrogen) atoms. The molecule has 1 aliphatic carbocycles. The van der Waals surface area contributed by atoms with Crippen LogP contribution in [0.4, 0.5) is 22.0 Å². The molecule has 0 amide bonds. The molecule has 0 unspecified atom stereocenters. The van der Waals surface area contributed by atoms with Gasteiger partial charge in [0, 0.05) is 35.9 Å². The van der Waals surface area contributed by atoms with Gasteiger partial charge < -0.3 is 10.1 Å². The van der Waals surface area contributed by atoms with Gasteiger partial charge >= 0.3 is 6.18 Å². The van der Waals surface area contributed by atoms with E-state index in [4.69, 9.17) is 0 Å². The van der Waals surface area contributed by atoms with Crippen molar-refractivity contribution < 1.29 is 27.1 Å². The van der Waals surface area contributed by atoms with Crippen molar-refractivity contribution in [1.29, 1.82) is 0 Å². The van der Waals surface area contributed by atoms with Crippen LogP contribution in [0.1, 0.15) is 56.0 Å². The minimum Gasteiger partial charge on any atom is -0.507 e. The average Bonchev–Trinajstić information content (AvgIpc) is 3.67. The van der Waals surface area contributed by atoms with Crippen molar-refractivity contribution in [3.63, 3.8) is 0 Å². The van der Waals surface area contributed by atoms with Crippen molar-refractivity contribution in [2.75, 3.05) is 13.1 Å². The molecule has 2 N–H and O–H groups in total. The molecule has 3 heterocycles. The summed E-state index contributed by atoms with van der Waals surface area (Å²) < 4.78 is 65.5. The number of aromatic amines is 1. The van der Waals surface area contributed by atoms with E-state index in [2.05, 4.69) is 26.8 Å². The van der Waals surface area contributed by atoms with Crippen molar-refractivity contribution in [2.45, 2.75) is 57.2 Å². The lowest BCUT2D eigenvalue weighted by atomic mass is 10.0. The van der Waals surface area contributed by atoms with Crippen molar-refractivity contribution in [1.82, 2.24) is 19.9 Å². The van der Waals surface area contributed by atoms with Crippen LogP contribution in [-0.2, 0) is 12.6 Å². The summed E-state index contributed by atoms with van der Waals surface area (Å²) in [4.78, 5) is 25.6. The van der Waals surface area contributed by atoms with E-state index in [1.54, 1.807) is 6.07 Å². The monoisotopic (exact) mass is 572 g/mol. The second kappa shape index (κ2) is 11.2. The number of hydrogen-bond donors (Lipinski definition) is 2. The van der Waals surface area contributed by atoms with Gasteiger partial charge in [0.05, 0.1) is 22.2 Å². The first-order valence-corrected chi connectivity index (χ1v) is 13.5. The number of piperidine rings is 1. The number of nitrogens with zero attached hydrogens (tertiary/aromatic N) is 3. The Morgan fingerprint density at radius 2 is 1.76 bits per heavy atom. The van der Waals surface area contributed by atoms with E-state index < -0.39 is 34.7 Å².